The van der Waals surface area contributed by atoms with Gasteiger partial charge in [-0.25, -0.2) is 0 Å². The Morgan fingerprint density at radius 1 is 0.903 bits per heavy atom. The normalized spacial score (nSPS) is 31.5. The van der Waals surface area contributed by atoms with Crippen molar-refractivity contribution in [1.29, 1.82) is 0 Å². The van der Waals surface area contributed by atoms with Crippen LogP contribution in [0.1, 0.15) is 70.6 Å². The number of nitrogens with zero attached hydrogens (tertiary/aromatic N) is 1. The highest BCUT2D eigenvalue weighted by Gasteiger charge is 2.54. The van der Waals surface area contributed by atoms with E-state index in [1.165, 1.54) is 44.2 Å². The molecule has 5 aliphatic rings. The Labute approximate surface area is 186 Å². The predicted molar refractivity (Wildman–Crippen MR) is 124 cm³/mol. The fourth-order valence-electron chi connectivity index (χ4n) is 7.16. The van der Waals surface area contributed by atoms with Crippen molar-refractivity contribution in [2.24, 2.45) is 23.2 Å². The second-order valence-corrected chi connectivity index (χ2v) is 10.7. The van der Waals surface area contributed by atoms with E-state index >= 15 is 0 Å². The quantitative estimate of drug-likeness (QED) is 0.624. The minimum absolute atomic E-state index is 0.0229. The van der Waals surface area contributed by atoms with E-state index in [9.17, 15) is 9.59 Å². The van der Waals surface area contributed by atoms with Gasteiger partial charge in [0.2, 0.25) is 11.8 Å². The van der Waals surface area contributed by atoms with Crippen LogP contribution in [-0.4, -0.2) is 31.4 Å². The van der Waals surface area contributed by atoms with Crippen LogP contribution in [0.15, 0.2) is 24.3 Å². The van der Waals surface area contributed by atoms with Gasteiger partial charge < -0.3 is 15.5 Å². The van der Waals surface area contributed by atoms with E-state index in [-0.39, 0.29) is 17.2 Å². The zero-order valence-electron chi connectivity index (χ0n) is 18.7. The second-order valence-electron chi connectivity index (χ2n) is 10.7. The molecule has 5 heteroatoms. The van der Waals surface area contributed by atoms with Gasteiger partial charge in [0, 0.05) is 42.8 Å². The number of rotatable bonds is 7. The van der Waals surface area contributed by atoms with Gasteiger partial charge in [0.25, 0.3) is 0 Å². The first-order valence-electron chi connectivity index (χ1n) is 12.5. The van der Waals surface area contributed by atoms with Crippen LogP contribution in [0.3, 0.4) is 0 Å². The Hall–Kier alpha value is -2.04. The molecule has 1 aromatic carbocycles. The summed E-state index contributed by atoms with van der Waals surface area (Å²) in [5, 5.41) is 6.18. The molecule has 6 rings (SSSR count). The van der Waals surface area contributed by atoms with E-state index in [4.69, 9.17) is 0 Å². The molecule has 2 amide bonds. The van der Waals surface area contributed by atoms with Gasteiger partial charge in [0.15, 0.2) is 0 Å². The van der Waals surface area contributed by atoms with Crippen LogP contribution in [0.2, 0.25) is 0 Å². The molecule has 5 nitrogen and oxygen atoms in total. The third-order valence-corrected chi connectivity index (χ3v) is 8.26. The third-order valence-electron chi connectivity index (χ3n) is 8.26. The molecule has 4 saturated carbocycles. The van der Waals surface area contributed by atoms with Gasteiger partial charge in [0.05, 0.1) is 0 Å². The van der Waals surface area contributed by atoms with Crippen LogP contribution < -0.4 is 15.5 Å². The molecule has 4 bridgehead atoms. The van der Waals surface area contributed by atoms with Crippen molar-refractivity contribution in [3.63, 3.8) is 0 Å². The molecule has 168 valence electrons. The Bertz CT molecular complexity index is 762. The molecule has 1 heterocycles. The molecule has 5 fully saturated rings. The summed E-state index contributed by atoms with van der Waals surface area (Å²) in [6.07, 6.45) is 12.3. The minimum atomic E-state index is -0.0902. The van der Waals surface area contributed by atoms with Gasteiger partial charge in [-0.15, -0.1) is 0 Å². The van der Waals surface area contributed by atoms with Gasteiger partial charge in [0.1, 0.15) is 0 Å². The van der Waals surface area contributed by atoms with Crippen molar-refractivity contribution < 1.29 is 9.59 Å². The molecule has 1 aliphatic heterocycles. The summed E-state index contributed by atoms with van der Waals surface area (Å²) >= 11 is 0. The molecule has 31 heavy (non-hydrogen) atoms. The molecule has 1 saturated heterocycles. The molecule has 0 aromatic heterocycles. The van der Waals surface area contributed by atoms with E-state index in [2.05, 4.69) is 27.7 Å². The number of carbonyl (C=O) groups is 2. The Morgan fingerprint density at radius 3 is 2.13 bits per heavy atom. The first kappa shape index (κ1) is 20.8. The number of hydrogen-bond acceptors (Lipinski definition) is 3. The standard InChI is InChI=1S/C26H37N3O2/c30-24(28-22-6-8-23(9-7-22)29-11-2-1-3-12-29)5-4-10-27-25(31)26-16-19-13-20(17-26)15-21(14-19)18-26/h6-9,19-21H,1-5,10-18H2,(H,27,31)(H,28,30). The van der Waals surface area contributed by atoms with Crippen molar-refractivity contribution >= 4 is 23.2 Å². The van der Waals surface area contributed by atoms with E-state index < -0.39 is 0 Å². The number of piperidine rings is 1. The van der Waals surface area contributed by atoms with Crippen molar-refractivity contribution in [1.82, 2.24) is 5.32 Å². The summed E-state index contributed by atoms with van der Waals surface area (Å²) in [6, 6.07) is 8.20. The number of benzene rings is 1. The Morgan fingerprint density at radius 2 is 1.52 bits per heavy atom. The lowest BCUT2D eigenvalue weighted by Crippen LogP contribution is -2.53. The van der Waals surface area contributed by atoms with Crippen LogP contribution >= 0.6 is 0 Å². The molecule has 0 unspecified atom stereocenters. The lowest BCUT2D eigenvalue weighted by molar-refractivity contribution is -0.146. The number of anilines is 2. The number of hydrogen-bond donors (Lipinski definition) is 2. The number of amides is 2. The smallest absolute Gasteiger partial charge is 0.226 e. The SMILES string of the molecule is O=C(CCCNC(=O)C12CC3CC(CC(C3)C1)C2)Nc1ccc(N2CCCCC2)cc1. The first-order valence-corrected chi connectivity index (χ1v) is 12.5. The van der Waals surface area contributed by atoms with Gasteiger partial charge in [-0.1, -0.05) is 0 Å². The van der Waals surface area contributed by atoms with Gasteiger partial charge in [-0.3, -0.25) is 9.59 Å². The lowest BCUT2D eigenvalue weighted by Gasteiger charge is -2.55. The summed E-state index contributed by atoms with van der Waals surface area (Å²) in [7, 11) is 0. The molecule has 0 spiro atoms. The maximum absolute atomic E-state index is 13.0. The predicted octanol–water partition coefficient (Wildman–Crippen LogP) is 4.73. The van der Waals surface area contributed by atoms with Crippen LogP contribution in [0.25, 0.3) is 0 Å². The topological polar surface area (TPSA) is 61.4 Å². The summed E-state index contributed by atoms with van der Waals surface area (Å²) in [6.45, 7) is 2.85. The number of carbonyl (C=O) groups excluding carboxylic acids is 2. The first-order chi connectivity index (χ1) is 15.1. The fourth-order valence-corrected chi connectivity index (χ4v) is 7.16. The highest BCUT2D eigenvalue weighted by Crippen LogP contribution is 2.60. The Balaban J connectivity index is 1.04. The van der Waals surface area contributed by atoms with E-state index in [0.717, 1.165) is 55.8 Å². The minimum Gasteiger partial charge on any atom is -0.372 e. The van der Waals surface area contributed by atoms with Crippen LogP contribution in [0.4, 0.5) is 11.4 Å². The van der Waals surface area contributed by atoms with Gasteiger partial charge in [-0.05, 0) is 106 Å². The van der Waals surface area contributed by atoms with Crippen LogP contribution in [0.5, 0.6) is 0 Å². The van der Waals surface area contributed by atoms with Crippen molar-refractivity contribution in [2.45, 2.75) is 70.6 Å². The highest BCUT2D eigenvalue weighted by molar-refractivity contribution is 5.91. The van der Waals surface area contributed by atoms with Gasteiger partial charge in [-0.2, -0.15) is 0 Å². The largest absolute Gasteiger partial charge is 0.372 e. The maximum Gasteiger partial charge on any atom is 0.226 e. The summed E-state index contributed by atoms with van der Waals surface area (Å²) in [5.74, 6) is 2.63. The average Bonchev–Trinajstić information content (AvgIpc) is 2.77. The Kier molecular flexibility index (Phi) is 5.94. The summed E-state index contributed by atoms with van der Waals surface area (Å²) in [4.78, 5) is 27.7. The van der Waals surface area contributed by atoms with E-state index in [1.807, 2.05) is 12.1 Å². The molecule has 0 radical (unpaired) electrons. The molecule has 4 aliphatic carbocycles. The van der Waals surface area contributed by atoms with Crippen molar-refractivity contribution in [3.05, 3.63) is 24.3 Å². The second kappa shape index (κ2) is 8.84. The monoisotopic (exact) mass is 423 g/mol. The van der Waals surface area contributed by atoms with E-state index in [0.29, 0.717) is 19.4 Å². The number of nitrogens with one attached hydrogen (secondary N) is 2. The molecular weight excluding hydrogens is 386 g/mol. The zero-order valence-corrected chi connectivity index (χ0v) is 18.7. The summed E-state index contributed by atoms with van der Waals surface area (Å²) < 4.78 is 0. The highest BCUT2D eigenvalue weighted by atomic mass is 16.2. The molecule has 2 N–H and O–H groups in total. The maximum atomic E-state index is 13.0. The van der Waals surface area contributed by atoms with Gasteiger partial charge >= 0.3 is 0 Å². The van der Waals surface area contributed by atoms with Crippen LogP contribution in [-0.2, 0) is 9.59 Å². The molecular formula is C26H37N3O2. The zero-order chi connectivity index (χ0) is 21.3. The molecule has 1 aromatic rings. The lowest BCUT2D eigenvalue weighted by atomic mass is 9.49. The fraction of sp³-hybridized carbons (Fsp3) is 0.692. The van der Waals surface area contributed by atoms with E-state index in [1.54, 1.807) is 0 Å². The van der Waals surface area contributed by atoms with Crippen molar-refractivity contribution in [3.8, 4) is 0 Å². The van der Waals surface area contributed by atoms with Crippen molar-refractivity contribution in [2.75, 3.05) is 29.9 Å². The summed E-state index contributed by atoms with van der Waals surface area (Å²) in [5.41, 5.74) is 2.00. The average molecular weight is 424 g/mol. The third kappa shape index (κ3) is 4.61. The molecule has 0 atom stereocenters. The van der Waals surface area contributed by atoms with Crippen LogP contribution in [0, 0.1) is 23.2 Å².